The highest BCUT2D eigenvalue weighted by Crippen LogP contribution is 2.27. The second-order valence-corrected chi connectivity index (χ2v) is 7.93. The van der Waals surface area contributed by atoms with Crippen molar-refractivity contribution in [1.82, 2.24) is 0 Å². The Morgan fingerprint density at radius 1 is 1.25 bits per heavy atom. The molecule has 2 aromatic carbocycles. The lowest BCUT2D eigenvalue weighted by molar-refractivity contribution is 0.0601. The first-order valence-corrected chi connectivity index (χ1v) is 9.30. The van der Waals surface area contributed by atoms with E-state index in [9.17, 15) is 17.6 Å². The quantitative estimate of drug-likeness (QED) is 0.597. The molecular formula is C16H15BrFNO4S. The van der Waals surface area contributed by atoms with Crippen LogP contribution in [0.5, 0.6) is 0 Å². The van der Waals surface area contributed by atoms with E-state index >= 15 is 0 Å². The summed E-state index contributed by atoms with van der Waals surface area (Å²) in [6.45, 7) is 1.74. The first kappa shape index (κ1) is 18.4. The Bertz CT molecular complexity index is 866. The molecule has 0 saturated carbocycles. The maximum absolute atomic E-state index is 12.9. The van der Waals surface area contributed by atoms with Crippen LogP contribution >= 0.6 is 15.9 Å². The molecule has 0 fully saturated rings. The summed E-state index contributed by atoms with van der Waals surface area (Å²) >= 11 is 3.29. The Hall–Kier alpha value is -1.93. The average molecular weight is 416 g/mol. The molecule has 0 unspecified atom stereocenters. The van der Waals surface area contributed by atoms with Crippen molar-refractivity contribution in [2.75, 3.05) is 18.3 Å². The number of carbonyl (C=O) groups excluding carboxylic acids is 1. The molecule has 0 atom stereocenters. The van der Waals surface area contributed by atoms with Gasteiger partial charge in [-0.3, -0.25) is 0 Å². The predicted octanol–water partition coefficient (Wildman–Crippen LogP) is 3.53. The van der Waals surface area contributed by atoms with E-state index in [4.69, 9.17) is 4.74 Å². The van der Waals surface area contributed by atoms with Crippen molar-refractivity contribution >= 4 is 37.4 Å². The van der Waals surface area contributed by atoms with E-state index in [2.05, 4.69) is 21.2 Å². The molecule has 0 aromatic heterocycles. The minimum Gasteiger partial charge on any atom is -0.465 e. The van der Waals surface area contributed by atoms with E-state index in [0.29, 0.717) is 15.7 Å². The van der Waals surface area contributed by atoms with Crippen LogP contribution < -0.4 is 5.32 Å². The zero-order valence-corrected chi connectivity index (χ0v) is 15.4. The number of halogens is 2. The molecular weight excluding hydrogens is 401 g/mol. The lowest BCUT2D eigenvalue weighted by atomic mass is 10.1. The van der Waals surface area contributed by atoms with Crippen molar-refractivity contribution in [2.24, 2.45) is 0 Å². The number of hydrogen-bond donors (Lipinski definition) is 1. The highest BCUT2D eigenvalue weighted by Gasteiger charge is 2.19. The fourth-order valence-corrected chi connectivity index (χ4v) is 3.77. The third-order valence-electron chi connectivity index (χ3n) is 3.32. The van der Waals surface area contributed by atoms with E-state index in [-0.39, 0.29) is 10.5 Å². The number of aryl methyl sites for hydroxylation is 1. The van der Waals surface area contributed by atoms with Crippen LogP contribution in [0.3, 0.4) is 0 Å². The molecule has 0 saturated heterocycles. The molecule has 24 heavy (non-hydrogen) atoms. The smallest absolute Gasteiger partial charge is 0.340 e. The minimum atomic E-state index is -3.69. The van der Waals surface area contributed by atoms with Crippen molar-refractivity contribution < 1.29 is 22.3 Å². The fourth-order valence-electron chi connectivity index (χ4n) is 2.14. The first-order valence-electron chi connectivity index (χ1n) is 6.85. The number of esters is 1. The topological polar surface area (TPSA) is 72.5 Å². The lowest BCUT2D eigenvalue weighted by Crippen LogP contribution is -2.18. The van der Waals surface area contributed by atoms with Gasteiger partial charge in [-0.15, -0.1) is 0 Å². The second kappa shape index (κ2) is 7.31. The number of carbonyl (C=O) groups is 1. The van der Waals surface area contributed by atoms with E-state index < -0.39 is 27.5 Å². The monoisotopic (exact) mass is 415 g/mol. The first-order chi connectivity index (χ1) is 11.2. The number of methoxy groups -OCH3 is 1. The standard InChI is InChI=1S/C16H15BrFNO4S/c1-10-7-11(17)8-14(16(20)23-2)15(10)19-9-24(21,22)13-5-3-12(18)4-6-13/h3-8,19H,9H2,1-2H3. The molecule has 0 aliphatic heterocycles. The lowest BCUT2D eigenvalue weighted by Gasteiger charge is -2.14. The number of nitrogens with one attached hydrogen (secondary N) is 1. The van der Waals surface area contributed by atoms with E-state index in [0.717, 1.165) is 12.1 Å². The number of benzene rings is 2. The fraction of sp³-hybridized carbons (Fsp3) is 0.188. The van der Waals surface area contributed by atoms with Gasteiger partial charge in [-0.1, -0.05) is 15.9 Å². The SMILES string of the molecule is COC(=O)c1cc(Br)cc(C)c1NCS(=O)(=O)c1ccc(F)cc1. The van der Waals surface area contributed by atoms with Gasteiger partial charge < -0.3 is 10.1 Å². The van der Waals surface area contributed by atoms with Crippen LogP contribution in [0.1, 0.15) is 15.9 Å². The maximum atomic E-state index is 12.9. The van der Waals surface area contributed by atoms with Crippen LogP contribution in [-0.2, 0) is 14.6 Å². The van der Waals surface area contributed by atoms with E-state index in [1.54, 1.807) is 19.1 Å². The highest BCUT2D eigenvalue weighted by molar-refractivity contribution is 9.10. The third kappa shape index (κ3) is 4.12. The molecule has 2 aromatic rings. The van der Waals surface area contributed by atoms with Gasteiger partial charge >= 0.3 is 5.97 Å². The normalized spacial score (nSPS) is 11.2. The molecule has 0 amide bonds. The summed E-state index contributed by atoms with van der Waals surface area (Å²) in [6.07, 6.45) is 0. The third-order valence-corrected chi connectivity index (χ3v) is 5.29. The number of hydrogen-bond acceptors (Lipinski definition) is 5. The van der Waals surface area contributed by atoms with Crippen LogP contribution in [0.25, 0.3) is 0 Å². The summed E-state index contributed by atoms with van der Waals surface area (Å²) in [5.74, 6) is -1.54. The van der Waals surface area contributed by atoms with Gasteiger partial charge in [0.15, 0.2) is 9.84 Å². The van der Waals surface area contributed by atoms with E-state index in [1.165, 1.54) is 19.2 Å². The zero-order valence-electron chi connectivity index (χ0n) is 13.0. The van der Waals surface area contributed by atoms with Crippen molar-refractivity contribution in [3.05, 3.63) is 57.8 Å². The molecule has 0 aliphatic carbocycles. The summed E-state index contributed by atoms with van der Waals surface area (Å²) < 4.78 is 43.0. The Morgan fingerprint density at radius 3 is 2.46 bits per heavy atom. The number of anilines is 1. The van der Waals surface area contributed by atoms with Crippen molar-refractivity contribution in [3.8, 4) is 0 Å². The summed E-state index contributed by atoms with van der Waals surface area (Å²) in [5.41, 5.74) is 1.27. The number of sulfone groups is 1. The molecule has 0 bridgehead atoms. The van der Waals surface area contributed by atoms with Gasteiger partial charge in [0.05, 0.1) is 23.3 Å². The van der Waals surface area contributed by atoms with Crippen LogP contribution in [0, 0.1) is 12.7 Å². The summed E-state index contributed by atoms with van der Waals surface area (Å²) in [5, 5.41) is 2.77. The molecule has 0 spiro atoms. The van der Waals surface area contributed by atoms with Crippen molar-refractivity contribution in [2.45, 2.75) is 11.8 Å². The van der Waals surface area contributed by atoms with Crippen LogP contribution in [0.15, 0.2) is 45.8 Å². The van der Waals surface area contributed by atoms with Gasteiger partial charge in [-0.25, -0.2) is 17.6 Å². The van der Waals surface area contributed by atoms with Crippen molar-refractivity contribution in [1.29, 1.82) is 0 Å². The zero-order chi connectivity index (χ0) is 17.9. The summed E-state index contributed by atoms with van der Waals surface area (Å²) in [7, 11) is -2.45. The van der Waals surface area contributed by atoms with Gasteiger partial charge in [0.25, 0.3) is 0 Å². The molecule has 0 radical (unpaired) electrons. The largest absolute Gasteiger partial charge is 0.465 e. The van der Waals surface area contributed by atoms with Gasteiger partial charge in [-0.2, -0.15) is 0 Å². The predicted molar refractivity (Wildman–Crippen MR) is 92.3 cm³/mol. The number of ether oxygens (including phenoxy) is 1. The Labute approximate surface area is 147 Å². The van der Waals surface area contributed by atoms with Gasteiger partial charge in [-0.05, 0) is 48.9 Å². The Morgan fingerprint density at radius 2 is 1.88 bits per heavy atom. The molecule has 8 heteroatoms. The Kier molecular flexibility index (Phi) is 5.61. The highest BCUT2D eigenvalue weighted by atomic mass is 79.9. The summed E-state index contributed by atoms with van der Waals surface area (Å²) in [4.78, 5) is 11.9. The van der Waals surface area contributed by atoms with Gasteiger partial charge in [0.1, 0.15) is 11.7 Å². The molecule has 1 N–H and O–H groups in total. The molecule has 5 nitrogen and oxygen atoms in total. The van der Waals surface area contributed by atoms with E-state index in [1.807, 2.05) is 0 Å². The van der Waals surface area contributed by atoms with Crippen molar-refractivity contribution in [3.63, 3.8) is 0 Å². The molecule has 128 valence electrons. The second-order valence-electron chi connectivity index (χ2n) is 5.03. The minimum absolute atomic E-state index is 0.00853. The summed E-state index contributed by atoms with van der Waals surface area (Å²) in [6, 6.07) is 7.85. The van der Waals surface area contributed by atoms with Crippen LogP contribution in [0.4, 0.5) is 10.1 Å². The number of rotatable bonds is 5. The van der Waals surface area contributed by atoms with Crippen LogP contribution in [-0.4, -0.2) is 27.4 Å². The Balaban J connectivity index is 2.31. The maximum Gasteiger partial charge on any atom is 0.340 e. The van der Waals surface area contributed by atoms with Crippen LogP contribution in [0.2, 0.25) is 0 Å². The van der Waals surface area contributed by atoms with Gasteiger partial charge in [0, 0.05) is 4.47 Å². The van der Waals surface area contributed by atoms with Gasteiger partial charge in [0.2, 0.25) is 0 Å². The molecule has 0 heterocycles. The molecule has 2 rings (SSSR count). The average Bonchev–Trinajstić information content (AvgIpc) is 2.53. The molecule has 0 aliphatic rings.